The van der Waals surface area contributed by atoms with Crippen LogP contribution < -0.4 is 10.6 Å². The number of methoxy groups -OCH3 is 1. The minimum Gasteiger partial charge on any atom is -0.383 e. The number of carbonyl (C=O) groups is 1. The fourth-order valence-electron chi connectivity index (χ4n) is 1.81. The van der Waals surface area contributed by atoms with Crippen molar-refractivity contribution in [1.29, 1.82) is 0 Å². The third-order valence-electron chi connectivity index (χ3n) is 2.81. The molecule has 0 radical (unpaired) electrons. The minimum atomic E-state index is -0.178. The Hall–Kier alpha value is -1.44. The molecule has 2 rings (SSSR count). The van der Waals surface area contributed by atoms with Crippen LogP contribution >= 0.6 is 15.9 Å². The number of halogens is 1. The van der Waals surface area contributed by atoms with Crippen LogP contribution in [-0.2, 0) is 4.74 Å². The summed E-state index contributed by atoms with van der Waals surface area (Å²) in [5, 5.41) is 13.7. The average molecular weight is 341 g/mol. The van der Waals surface area contributed by atoms with Gasteiger partial charge in [-0.3, -0.25) is 9.89 Å². The molecule has 3 N–H and O–H groups in total. The van der Waals surface area contributed by atoms with Crippen molar-refractivity contribution in [3.05, 3.63) is 28.4 Å². The molecular weight excluding hydrogens is 324 g/mol. The average Bonchev–Trinajstić information content (AvgIpc) is 2.85. The summed E-state index contributed by atoms with van der Waals surface area (Å²) in [5.41, 5.74) is 1.26. The Morgan fingerprint density at radius 1 is 1.40 bits per heavy atom. The Morgan fingerprint density at radius 2 is 2.25 bits per heavy atom. The van der Waals surface area contributed by atoms with Crippen molar-refractivity contribution in [2.45, 2.75) is 0 Å². The molecule has 108 valence electrons. The summed E-state index contributed by atoms with van der Waals surface area (Å²) in [6.45, 7) is 2.67. The molecule has 0 atom stereocenters. The third-order valence-corrected chi connectivity index (χ3v) is 3.30. The first-order chi connectivity index (χ1) is 9.72. The van der Waals surface area contributed by atoms with Gasteiger partial charge in [0, 0.05) is 36.6 Å². The second-order valence-electron chi connectivity index (χ2n) is 4.26. The number of H-pyrrole nitrogens is 1. The first kappa shape index (κ1) is 15.0. The van der Waals surface area contributed by atoms with Crippen LogP contribution in [0.3, 0.4) is 0 Å². The minimum absolute atomic E-state index is 0.178. The fraction of sp³-hybridized carbons (Fsp3) is 0.385. The number of fused-ring (bicyclic) bond motifs is 1. The number of hydrogen-bond donors (Lipinski definition) is 3. The molecular formula is C13H17BrN4O2. The normalized spacial score (nSPS) is 10.9. The van der Waals surface area contributed by atoms with Gasteiger partial charge < -0.3 is 15.4 Å². The molecule has 7 heteroatoms. The van der Waals surface area contributed by atoms with Crippen molar-refractivity contribution in [2.24, 2.45) is 0 Å². The number of aromatic amines is 1. The lowest BCUT2D eigenvalue weighted by atomic mass is 10.2. The van der Waals surface area contributed by atoms with Gasteiger partial charge in [-0.2, -0.15) is 5.10 Å². The standard InChI is InChI=1S/C13H17BrN4O2/c1-20-7-6-15-4-5-16-13(19)12-10-8-9(14)2-3-11(10)17-18-12/h2-3,8,15H,4-7H2,1H3,(H,16,19)(H,17,18). The van der Waals surface area contributed by atoms with Crippen molar-refractivity contribution in [2.75, 3.05) is 33.4 Å². The zero-order valence-electron chi connectivity index (χ0n) is 11.2. The van der Waals surface area contributed by atoms with Gasteiger partial charge in [-0.05, 0) is 18.2 Å². The van der Waals surface area contributed by atoms with Gasteiger partial charge in [0.25, 0.3) is 5.91 Å². The smallest absolute Gasteiger partial charge is 0.272 e. The van der Waals surface area contributed by atoms with Gasteiger partial charge in [-0.25, -0.2) is 0 Å². The fourth-order valence-corrected chi connectivity index (χ4v) is 2.17. The van der Waals surface area contributed by atoms with Crippen LogP contribution in [0, 0.1) is 0 Å². The van der Waals surface area contributed by atoms with Crippen LogP contribution in [0.15, 0.2) is 22.7 Å². The molecule has 0 aliphatic heterocycles. The van der Waals surface area contributed by atoms with E-state index in [-0.39, 0.29) is 5.91 Å². The van der Waals surface area contributed by atoms with Gasteiger partial charge in [-0.1, -0.05) is 15.9 Å². The van der Waals surface area contributed by atoms with E-state index >= 15 is 0 Å². The van der Waals surface area contributed by atoms with E-state index in [1.165, 1.54) is 0 Å². The maximum Gasteiger partial charge on any atom is 0.272 e. The van der Waals surface area contributed by atoms with Crippen molar-refractivity contribution in [3.8, 4) is 0 Å². The number of nitrogens with zero attached hydrogens (tertiary/aromatic N) is 1. The zero-order valence-corrected chi connectivity index (χ0v) is 12.8. The number of benzene rings is 1. The molecule has 0 unspecified atom stereocenters. The van der Waals surface area contributed by atoms with Crippen molar-refractivity contribution in [1.82, 2.24) is 20.8 Å². The second kappa shape index (κ2) is 7.37. The maximum atomic E-state index is 12.1. The molecule has 0 fully saturated rings. The second-order valence-corrected chi connectivity index (χ2v) is 5.18. The van der Waals surface area contributed by atoms with Gasteiger partial charge in [0.15, 0.2) is 5.69 Å². The summed E-state index contributed by atoms with van der Waals surface area (Å²) in [7, 11) is 1.66. The number of amides is 1. The first-order valence-electron chi connectivity index (χ1n) is 6.34. The van der Waals surface area contributed by atoms with E-state index in [9.17, 15) is 4.79 Å². The number of nitrogens with one attached hydrogen (secondary N) is 3. The van der Waals surface area contributed by atoms with Crippen molar-refractivity contribution >= 4 is 32.7 Å². The van der Waals surface area contributed by atoms with Crippen LogP contribution in [0.25, 0.3) is 10.9 Å². The van der Waals surface area contributed by atoms with E-state index in [0.717, 1.165) is 21.9 Å². The zero-order chi connectivity index (χ0) is 14.4. The maximum absolute atomic E-state index is 12.1. The van der Waals surface area contributed by atoms with Gasteiger partial charge in [-0.15, -0.1) is 0 Å². The summed E-state index contributed by atoms with van der Waals surface area (Å²) in [4.78, 5) is 12.1. The topological polar surface area (TPSA) is 79.0 Å². The summed E-state index contributed by atoms with van der Waals surface area (Å²) >= 11 is 3.39. The van der Waals surface area contributed by atoms with Gasteiger partial charge in [0.2, 0.25) is 0 Å². The van der Waals surface area contributed by atoms with E-state index in [1.54, 1.807) is 7.11 Å². The first-order valence-corrected chi connectivity index (χ1v) is 7.13. The Bertz CT molecular complexity index is 585. The number of hydrogen-bond acceptors (Lipinski definition) is 4. The summed E-state index contributed by atoms with van der Waals surface area (Å²) in [5.74, 6) is -0.178. The van der Waals surface area contributed by atoms with E-state index < -0.39 is 0 Å². The molecule has 1 heterocycles. The quantitative estimate of drug-likeness (QED) is 0.663. The summed E-state index contributed by atoms with van der Waals surface area (Å²) in [6.07, 6.45) is 0. The molecule has 1 aromatic heterocycles. The molecule has 0 aliphatic rings. The van der Waals surface area contributed by atoms with Crippen molar-refractivity contribution < 1.29 is 9.53 Å². The van der Waals surface area contributed by atoms with Crippen LogP contribution in [0.2, 0.25) is 0 Å². The lowest BCUT2D eigenvalue weighted by Crippen LogP contribution is -2.33. The molecule has 0 saturated carbocycles. The van der Waals surface area contributed by atoms with E-state index in [2.05, 4.69) is 36.8 Å². The monoisotopic (exact) mass is 340 g/mol. The predicted octanol–water partition coefficient (Wildman–Crippen LogP) is 1.29. The third kappa shape index (κ3) is 3.78. The highest BCUT2D eigenvalue weighted by atomic mass is 79.9. The number of ether oxygens (including phenoxy) is 1. The Morgan fingerprint density at radius 3 is 3.05 bits per heavy atom. The Kier molecular flexibility index (Phi) is 5.51. The molecule has 0 aliphatic carbocycles. The highest BCUT2D eigenvalue weighted by Gasteiger charge is 2.13. The highest BCUT2D eigenvalue weighted by Crippen LogP contribution is 2.20. The molecule has 0 bridgehead atoms. The molecule has 1 amide bonds. The van der Waals surface area contributed by atoms with Crippen LogP contribution in [-0.4, -0.2) is 49.5 Å². The molecule has 6 nitrogen and oxygen atoms in total. The number of rotatable bonds is 7. The SMILES string of the molecule is COCCNCCNC(=O)c1n[nH]c2ccc(Br)cc12. The lowest BCUT2D eigenvalue weighted by Gasteiger charge is -2.05. The molecule has 0 saturated heterocycles. The van der Waals surface area contributed by atoms with E-state index in [1.807, 2.05) is 18.2 Å². The van der Waals surface area contributed by atoms with Crippen LogP contribution in [0.5, 0.6) is 0 Å². The summed E-state index contributed by atoms with van der Waals surface area (Å²) < 4.78 is 5.84. The van der Waals surface area contributed by atoms with Gasteiger partial charge >= 0.3 is 0 Å². The highest BCUT2D eigenvalue weighted by molar-refractivity contribution is 9.10. The largest absolute Gasteiger partial charge is 0.383 e. The number of aromatic nitrogens is 2. The molecule has 2 aromatic rings. The van der Waals surface area contributed by atoms with Crippen LogP contribution in [0.4, 0.5) is 0 Å². The predicted molar refractivity (Wildman–Crippen MR) is 80.9 cm³/mol. The van der Waals surface area contributed by atoms with E-state index in [0.29, 0.717) is 25.4 Å². The number of carbonyl (C=O) groups excluding carboxylic acids is 1. The van der Waals surface area contributed by atoms with Gasteiger partial charge in [0.05, 0.1) is 12.1 Å². The van der Waals surface area contributed by atoms with Crippen LogP contribution in [0.1, 0.15) is 10.5 Å². The summed E-state index contributed by atoms with van der Waals surface area (Å²) in [6, 6.07) is 5.67. The lowest BCUT2D eigenvalue weighted by molar-refractivity contribution is 0.0950. The Balaban J connectivity index is 1.89. The molecule has 0 spiro atoms. The Labute approximate surface area is 125 Å². The van der Waals surface area contributed by atoms with Crippen molar-refractivity contribution in [3.63, 3.8) is 0 Å². The van der Waals surface area contributed by atoms with Gasteiger partial charge in [0.1, 0.15) is 0 Å². The molecule has 1 aromatic carbocycles. The van der Waals surface area contributed by atoms with E-state index in [4.69, 9.17) is 4.74 Å². The molecule has 20 heavy (non-hydrogen) atoms.